The lowest BCUT2D eigenvalue weighted by atomic mass is 9.54. The number of nitrogens with zero attached hydrogens (tertiary/aromatic N) is 1. The van der Waals surface area contributed by atoms with Crippen LogP contribution in [-0.2, 0) is 27.2 Å². The Balaban J connectivity index is 1.34. The van der Waals surface area contributed by atoms with Gasteiger partial charge in [-0.15, -0.1) is 11.3 Å². The molecule has 2 aromatic rings. The summed E-state index contributed by atoms with van der Waals surface area (Å²) in [5.41, 5.74) is 2.09. The zero-order valence-corrected chi connectivity index (χ0v) is 19.8. The van der Waals surface area contributed by atoms with Gasteiger partial charge in [-0.1, -0.05) is 32.9 Å². The smallest absolute Gasteiger partial charge is 0.309 e. The highest BCUT2D eigenvalue weighted by molar-refractivity contribution is 7.15. The van der Waals surface area contributed by atoms with E-state index in [1.807, 2.05) is 31.2 Å². The van der Waals surface area contributed by atoms with Crippen molar-refractivity contribution in [3.63, 3.8) is 0 Å². The van der Waals surface area contributed by atoms with Gasteiger partial charge in [0.25, 0.3) is 0 Å². The van der Waals surface area contributed by atoms with Crippen molar-refractivity contribution in [1.82, 2.24) is 4.98 Å². The molecule has 3 aliphatic rings. The Morgan fingerprint density at radius 2 is 2.03 bits per heavy atom. The number of anilines is 1. The second kappa shape index (κ2) is 7.87. The van der Waals surface area contributed by atoms with Crippen LogP contribution in [0.25, 0.3) is 0 Å². The van der Waals surface area contributed by atoms with Crippen LogP contribution in [0.5, 0.6) is 5.75 Å². The molecule has 170 valence electrons. The number of methoxy groups -OCH3 is 1. The average Bonchev–Trinajstić information content (AvgIpc) is 3.27. The zero-order chi connectivity index (χ0) is 22.6. The van der Waals surface area contributed by atoms with Gasteiger partial charge in [-0.2, -0.15) is 0 Å². The molecule has 2 fully saturated rings. The van der Waals surface area contributed by atoms with Gasteiger partial charge < -0.3 is 14.8 Å². The predicted octanol–water partition coefficient (Wildman–Crippen LogP) is 4.59. The summed E-state index contributed by atoms with van der Waals surface area (Å²) in [4.78, 5) is 31.0. The largest absolute Gasteiger partial charge is 0.497 e. The fourth-order valence-electron chi connectivity index (χ4n) is 6.22. The molecule has 32 heavy (non-hydrogen) atoms. The van der Waals surface area contributed by atoms with Gasteiger partial charge in [0, 0.05) is 22.6 Å². The fraction of sp³-hybridized carbons (Fsp3) is 0.560. The lowest BCUT2D eigenvalue weighted by molar-refractivity contribution is -0.149. The highest BCUT2D eigenvalue weighted by atomic mass is 32.1. The first-order valence-corrected chi connectivity index (χ1v) is 12.2. The van der Waals surface area contributed by atoms with Crippen molar-refractivity contribution in [1.29, 1.82) is 0 Å². The molecule has 1 saturated heterocycles. The Morgan fingerprint density at radius 1 is 1.28 bits per heavy atom. The third kappa shape index (κ3) is 3.51. The van der Waals surface area contributed by atoms with E-state index in [4.69, 9.17) is 14.5 Å². The molecule has 0 bridgehead atoms. The molecule has 1 N–H and O–H groups in total. The third-order valence-electron chi connectivity index (χ3n) is 7.93. The number of benzene rings is 1. The monoisotopic (exact) mass is 454 g/mol. The number of fused-ring (bicyclic) bond motifs is 4. The number of aromatic nitrogens is 1. The van der Waals surface area contributed by atoms with Crippen molar-refractivity contribution in [3.05, 3.63) is 40.4 Å². The SMILES string of the molecule is COc1ccc(CC(=O)Nc2nc3c(s2)C[C@@]2(C)CC[C@@H]4[C@@H](OC(=O)[C@H]4C)[C@H]2[C@H]3C)cc1. The van der Waals surface area contributed by atoms with Crippen LogP contribution >= 0.6 is 11.3 Å². The molecular weight excluding hydrogens is 424 g/mol. The standard InChI is InChI=1S/C25H30N2O4S/c1-13-17-9-10-25(3)12-18-21(14(2)20(25)22(17)31-23(13)29)27-24(32-18)26-19(28)11-15-5-7-16(30-4)8-6-15/h5-8,13-14,17,20,22H,9-12H2,1-4H3,(H,26,27,28)/t13-,14+,17-,20+,22+,25+/m0/s1. The number of rotatable bonds is 4. The maximum Gasteiger partial charge on any atom is 0.309 e. The van der Waals surface area contributed by atoms with Gasteiger partial charge in [-0.25, -0.2) is 4.98 Å². The van der Waals surface area contributed by atoms with Crippen LogP contribution in [0.2, 0.25) is 0 Å². The number of amides is 1. The molecule has 7 heteroatoms. The molecule has 2 aliphatic carbocycles. The second-order valence-electron chi connectivity index (χ2n) is 9.94. The molecule has 0 radical (unpaired) electrons. The normalized spacial score (nSPS) is 33.0. The Hall–Kier alpha value is -2.41. The quantitative estimate of drug-likeness (QED) is 0.684. The molecular formula is C25H30N2O4S. The summed E-state index contributed by atoms with van der Waals surface area (Å²) in [5, 5.41) is 3.67. The number of ether oxygens (including phenoxy) is 2. The predicted molar refractivity (Wildman–Crippen MR) is 123 cm³/mol. The molecule has 1 amide bonds. The van der Waals surface area contributed by atoms with Crippen molar-refractivity contribution in [2.45, 2.75) is 58.5 Å². The molecule has 1 aliphatic heterocycles. The summed E-state index contributed by atoms with van der Waals surface area (Å²) in [6.45, 7) is 6.56. The van der Waals surface area contributed by atoms with Crippen LogP contribution in [0.4, 0.5) is 5.13 Å². The van der Waals surface area contributed by atoms with Crippen molar-refractivity contribution >= 4 is 28.3 Å². The van der Waals surface area contributed by atoms with E-state index in [1.165, 1.54) is 4.88 Å². The summed E-state index contributed by atoms with van der Waals surface area (Å²) in [6, 6.07) is 7.52. The number of thiazole rings is 1. The van der Waals surface area contributed by atoms with E-state index in [2.05, 4.69) is 19.2 Å². The van der Waals surface area contributed by atoms with Gasteiger partial charge in [-0.3, -0.25) is 9.59 Å². The van der Waals surface area contributed by atoms with Crippen molar-refractivity contribution in [2.24, 2.45) is 23.2 Å². The summed E-state index contributed by atoms with van der Waals surface area (Å²) in [7, 11) is 1.63. The lowest BCUT2D eigenvalue weighted by Crippen LogP contribution is -2.50. The van der Waals surface area contributed by atoms with E-state index in [-0.39, 0.29) is 41.1 Å². The van der Waals surface area contributed by atoms with Gasteiger partial charge in [0.15, 0.2) is 5.13 Å². The number of esters is 1. The second-order valence-corrected chi connectivity index (χ2v) is 11.0. The fourth-order valence-corrected chi connectivity index (χ4v) is 7.50. The third-order valence-corrected chi connectivity index (χ3v) is 8.91. The maximum atomic E-state index is 12.6. The highest BCUT2D eigenvalue weighted by Gasteiger charge is 2.58. The molecule has 0 spiro atoms. The Bertz CT molecular complexity index is 1050. The van der Waals surface area contributed by atoms with Crippen LogP contribution in [0.15, 0.2) is 24.3 Å². The summed E-state index contributed by atoms with van der Waals surface area (Å²) in [6.07, 6.45) is 3.34. The average molecular weight is 455 g/mol. The maximum absolute atomic E-state index is 12.6. The van der Waals surface area contributed by atoms with E-state index >= 15 is 0 Å². The van der Waals surface area contributed by atoms with Gasteiger partial charge in [0.2, 0.25) is 5.91 Å². The van der Waals surface area contributed by atoms with Crippen molar-refractivity contribution < 1.29 is 19.1 Å². The van der Waals surface area contributed by atoms with Crippen LogP contribution in [0, 0.1) is 23.2 Å². The van der Waals surface area contributed by atoms with Crippen LogP contribution in [0.3, 0.4) is 0 Å². The summed E-state index contributed by atoms with van der Waals surface area (Å²) >= 11 is 1.59. The van der Waals surface area contributed by atoms with Crippen molar-refractivity contribution in [2.75, 3.05) is 12.4 Å². The molecule has 1 aromatic carbocycles. The first kappa shape index (κ1) is 21.4. The Morgan fingerprint density at radius 3 is 2.75 bits per heavy atom. The summed E-state index contributed by atoms with van der Waals surface area (Å²) < 4.78 is 11.1. The minimum atomic E-state index is -0.0730. The topological polar surface area (TPSA) is 77.5 Å². The number of carbonyl (C=O) groups is 2. The number of hydrogen-bond acceptors (Lipinski definition) is 6. The molecule has 6 atom stereocenters. The minimum Gasteiger partial charge on any atom is -0.497 e. The first-order valence-electron chi connectivity index (χ1n) is 11.4. The lowest BCUT2D eigenvalue weighted by Gasteiger charge is -2.51. The number of hydrogen-bond donors (Lipinski definition) is 1. The van der Waals surface area contributed by atoms with Gasteiger partial charge in [0.1, 0.15) is 11.9 Å². The molecule has 1 saturated carbocycles. The van der Waals surface area contributed by atoms with Crippen LogP contribution in [0.1, 0.15) is 55.7 Å². The van der Waals surface area contributed by atoms with Gasteiger partial charge in [-0.05, 0) is 42.4 Å². The highest BCUT2D eigenvalue weighted by Crippen LogP contribution is 2.59. The zero-order valence-electron chi connectivity index (χ0n) is 19.0. The first-order chi connectivity index (χ1) is 15.3. The van der Waals surface area contributed by atoms with E-state index in [9.17, 15) is 9.59 Å². The van der Waals surface area contributed by atoms with E-state index in [1.54, 1.807) is 18.4 Å². The number of nitrogens with one attached hydrogen (secondary N) is 1. The van der Waals surface area contributed by atoms with Gasteiger partial charge >= 0.3 is 5.97 Å². The molecule has 6 nitrogen and oxygen atoms in total. The molecule has 1 aromatic heterocycles. The molecule has 2 heterocycles. The molecule has 0 unspecified atom stereocenters. The Kier molecular flexibility index (Phi) is 5.27. The summed E-state index contributed by atoms with van der Waals surface area (Å²) in [5.74, 6) is 1.41. The van der Waals surface area contributed by atoms with E-state index in [0.29, 0.717) is 17.5 Å². The molecule has 5 rings (SSSR count). The Labute approximate surface area is 192 Å². The van der Waals surface area contributed by atoms with Gasteiger partial charge in [0.05, 0.1) is 25.1 Å². The van der Waals surface area contributed by atoms with Crippen LogP contribution < -0.4 is 10.1 Å². The number of carbonyl (C=O) groups excluding carboxylic acids is 2. The van der Waals surface area contributed by atoms with Crippen molar-refractivity contribution in [3.8, 4) is 5.75 Å². The van der Waals surface area contributed by atoms with E-state index in [0.717, 1.165) is 36.3 Å². The van der Waals surface area contributed by atoms with Crippen LogP contribution in [-0.4, -0.2) is 30.1 Å². The minimum absolute atomic E-state index is 0.0126. The van der Waals surface area contributed by atoms with E-state index < -0.39 is 0 Å².